The van der Waals surface area contributed by atoms with Crippen LogP contribution in [0.1, 0.15) is 70.6 Å². The smallest absolute Gasteiger partial charge is 0.315 e. The summed E-state index contributed by atoms with van der Waals surface area (Å²) >= 11 is 0. The van der Waals surface area contributed by atoms with Gasteiger partial charge in [-0.3, -0.25) is 4.79 Å². The van der Waals surface area contributed by atoms with Crippen molar-refractivity contribution in [2.45, 2.75) is 76.7 Å². The Labute approximate surface area is 133 Å². The minimum atomic E-state index is -0.703. The largest absolute Gasteiger partial charge is 0.481 e. The van der Waals surface area contributed by atoms with Gasteiger partial charge in [0.15, 0.2) is 0 Å². The lowest BCUT2D eigenvalue weighted by Gasteiger charge is -2.27. The predicted octanol–water partition coefficient (Wildman–Crippen LogP) is 3.29. The highest BCUT2D eigenvalue weighted by atomic mass is 16.4. The van der Waals surface area contributed by atoms with Crippen LogP contribution in [0.5, 0.6) is 0 Å². The summed E-state index contributed by atoms with van der Waals surface area (Å²) in [4.78, 5) is 22.7. The maximum Gasteiger partial charge on any atom is 0.315 e. The van der Waals surface area contributed by atoms with E-state index in [4.69, 9.17) is 5.11 Å². The van der Waals surface area contributed by atoms with Crippen molar-refractivity contribution >= 4 is 12.0 Å². The van der Waals surface area contributed by atoms with Crippen LogP contribution in [-0.2, 0) is 4.79 Å². The van der Waals surface area contributed by atoms with Gasteiger partial charge in [-0.2, -0.15) is 0 Å². The summed E-state index contributed by atoms with van der Waals surface area (Å²) in [7, 11) is 0. The van der Waals surface area contributed by atoms with Crippen molar-refractivity contribution in [1.29, 1.82) is 0 Å². The molecule has 0 bridgehead atoms. The molecular formula is C17H30N2O3. The molecule has 126 valence electrons. The van der Waals surface area contributed by atoms with Gasteiger partial charge in [0.1, 0.15) is 0 Å². The minimum absolute atomic E-state index is 0.0950. The van der Waals surface area contributed by atoms with Crippen molar-refractivity contribution in [3.8, 4) is 0 Å². The van der Waals surface area contributed by atoms with Crippen molar-refractivity contribution < 1.29 is 14.7 Å². The molecule has 5 nitrogen and oxygen atoms in total. The molecule has 0 spiro atoms. The molecule has 0 radical (unpaired) electrons. The van der Waals surface area contributed by atoms with Gasteiger partial charge < -0.3 is 15.7 Å². The number of rotatable bonds is 6. The number of hydrogen-bond donors (Lipinski definition) is 3. The van der Waals surface area contributed by atoms with Crippen LogP contribution < -0.4 is 10.6 Å². The van der Waals surface area contributed by atoms with Crippen LogP contribution in [0.15, 0.2) is 0 Å². The molecule has 2 rings (SSSR count). The number of carboxylic acid groups (broad SMARTS) is 1. The van der Waals surface area contributed by atoms with E-state index in [1.165, 1.54) is 38.5 Å². The molecule has 2 saturated carbocycles. The third-order valence-corrected chi connectivity index (χ3v) is 5.21. The molecule has 0 aromatic heterocycles. The molecule has 2 fully saturated rings. The fourth-order valence-electron chi connectivity index (χ4n) is 3.79. The zero-order valence-corrected chi connectivity index (χ0v) is 13.5. The molecule has 0 atom stereocenters. The van der Waals surface area contributed by atoms with Gasteiger partial charge in [0.25, 0.3) is 0 Å². The van der Waals surface area contributed by atoms with Gasteiger partial charge in [-0.05, 0) is 44.4 Å². The maximum atomic E-state index is 11.8. The summed E-state index contributed by atoms with van der Waals surface area (Å²) in [6.45, 7) is 0.743. The maximum absolute atomic E-state index is 11.8. The Morgan fingerprint density at radius 3 is 2.27 bits per heavy atom. The lowest BCUT2D eigenvalue weighted by atomic mass is 9.86. The van der Waals surface area contributed by atoms with E-state index >= 15 is 0 Å². The molecule has 0 saturated heterocycles. The third-order valence-electron chi connectivity index (χ3n) is 5.21. The Balaban J connectivity index is 1.52. The summed E-state index contributed by atoms with van der Waals surface area (Å²) in [5.74, 6) is -0.0628. The number of aliphatic carboxylic acids is 1. The van der Waals surface area contributed by atoms with Crippen LogP contribution in [-0.4, -0.2) is 29.7 Å². The first-order chi connectivity index (χ1) is 10.6. The molecule has 2 amide bonds. The normalized spacial score (nSPS) is 26.4. The monoisotopic (exact) mass is 310 g/mol. The number of carboxylic acids is 1. The van der Waals surface area contributed by atoms with Crippen LogP contribution in [0.4, 0.5) is 4.79 Å². The zero-order chi connectivity index (χ0) is 15.8. The SMILES string of the molecule is O=C(NCCCC1CCCCC1)NC1CCC(C(=O)O)CC1. The van der Waals surface area contributed by atoms with Crippen LogP contribution >= 0.6 is 0 Å². The van der Waals surface area contributed by atoms with Crippen molar-refractivity contribution in [2.75, 3.05) is 6.54 Å². The lowest BCUT2D eigenvalue weighted by Crippen LogP contribution is -2.44. The van der Waals surface area contributed by atoms with Crippen molar-refractivity contribution in [2.24, 2.45) is 11.8 Å². The molecule has 0 aliphatic heterocycles. The summed E-state index contributed by atoms with van der Waals surface area (Å²) in [5.41, 5.74) is 0. The van der Waals surface area contributed by atoms with E-state index in [9.17, 15) is 9.59 Å². The predicted molar refractivity (Wildman–Crippen MR) is 85.7 cm³/mol. The van der Waals surface area contributed by atoms with E-state index in [2.05, 4.69) is 10.6 Å². The van der Waals surface area contributed by atoms with E-state index in [1.807, 2.05) is 0 Å². The average Bonchev–Trinajstić information content (AvgIpc) is 2.53. The number of nitrogens with one attached hydrogen (secondary N) is 2. The highest BCUT2D eigenvalue weighted by Gasteiger charge is 2.26. The van der Waals surface area contributed by atoms with Crippen LogP contribution in [0.2, 0.25) is 0 Å². The van der Waals surface area contributed by atoms with Gasteiger partial charge in [0.2, 0.25) is 0 Å². The van der Waals surface area contributed by atoms with E-state index < -0.39 is 5.97 Å². The van der Waals surface area contributed by atoms with E-state index in [-0.39, 0.29) is 18.0 Å². The Bertz CT molecular complexity index is 359. The molecule has 5 heteroatoms. The topological polar surface area (TPSA) is 78.4 Å². The van der Waals surface area contributed by atoms with Gasteiger partial charge in [0.05, 0.1) is 5.92 Å². The fraction of sp³-hybridized carbons (Fsp3) is 0.882. The van der Waals surface area contributed by atoms with E-state index in [1.54, 1.807) is 0 Å². The van der Waals surface area contributed by atoms with Crippen LogP contribution in [0.25, 0.3) is 0 Å². The molecule has 0 unspecified atom stereocenters. The first-order valence-corrected chi connectivity index (χ1v) is 8.92. The number of carbonyl (C=O) groups is 2. The van der Waals surface area contributed by atoms with E-state index in [0.29, 0.717) is 12.8 Å². The molecule has 0 aromatic carbocycles. The van der Waals surface area contributed by atoms with E-state index in [0.717, 1.165) is 31.7 Å². The number of urea groups is 1. The third kappa shape index (κ3) is 5.85. The second kappa shape index (κ2) is 9.01. The Hall–Kier alpha value is -1.26. The number of amides is 2. The second-order valence-corrected chi connectivity index (χ2v) is 6.93. The molecule has 0 heterocycles. The van der Waals surface area contributed by atoms with Gasteiger partial charge in [-0.15, -0.1) is 0 Å². The number of hydrogen-bond acceptors (Lipinski definition) is 2. The lowest BCUT2D eigenvalue weighted by molar-refractivity contribution is -0.142. The van der Waals surface area contributed by atoms with Crippen LogP contribution in [0, 0.1) is 11.8 Å². The minimum Gasteiger partial charge on any atom is -0.481 e. The summed E-state index contributed by atoms with van der Waals surface area (Å²) in [6.07, 6.45) is 12.0. The van der Waals surface area contributed by atoms with Gasteiger partial charge in [-0.1, -0.05) is 32.1 Å². The molecule has 3 N–H and O–H groups in total. The van der Waals surface area contributed by atoms with Crippen LogP contribution in [0.3, 0.4) is 0 Å². The average molecular weight is 310 g/mol. The van der Waals surface area contributed by atoms with Crippen molar-refractivity contribution in [1.82, 2.24) is 10.6 Å². The van der Waals surface area contributed by atoms with Gasteiger partial charge >= 0.3 is 12.0 Å². The van der Waals surface area contributed by atoms with Gasteiger partial charge in [0, 0.05) is 12.6 Å². The summed E-state index contributed by atoms with van der Waals surface area (Å²) < 4.78 is 0. The molecule has 0 aromatic rings. The zero-order valence-electron chi connectivity index (χ0n) is 13.5. The highest BCUT2D eigenvalue weighted by molar-refractivity contribution is 5.74. The summed E-state index contributed by atoms with van der Waals surface area (Å²) in [6, 6.07) is 0.0383. The highest BCUT2D eigenvalue weighted by Crippen LogP contribution is 2.27. The standard InChI is InChI=1S/C17H30N2O3/c20-16(21)14-8-10-15(11-9-14)19-17(22)18-12-4-7-13-5-2-1-3-6-13/h13-15H,1-12H2,(H,20,21)(H2,18,19,22). The molecule has 22 heavy (non-hydrogen) atoms. The van der Waals surface area contributed by atoms with Gasteiger partial charge in [-0.25, -0.2) is 4.79 Å². The Kier molecular flexibility index (Phi) is 7.00. The Morgan fingerprint density at radius 1 is 0.955 bits per heavy atom. The quantitative estimate of drug-likeness (QED) is 0.659. The van der Waals surface area contributed by atoms with Crippen molar-refractivity contribution in [3.05, 3.63) is 0 Å². The fourth-order valence-corrected chi connectivity index (χ4v) is 3.79. The Morgan fingerprint density at radius 2 is 1.64 bits per heavy atom. The number of carbonyl (C=O) groups excluding carboxylic acids is 1. The summed E-state index contributed by atoms with van der Waals surface area (Å²) in [5, 5.41) is 14.9. The molecular weight excluding hydrogens is 280 g/mol. The van der Waals surface area contributed by atoms with Crippen molar-refractivity contribution in [3.63, 3.8) is 0 Å². The molecule has 2 aliphatic carbocycles. The first kappa shape index (κ1) is 17.1. The first-order valence-electron chi connectivity index (χ1n) is 8.92. The molecule has 2 aliphatic rings. The second-order valence-electron chi connectivity index (χ2n) is 6.93.